The number of amides is 3. The average molecular weight is 333 g/mol. The first kappa shape index (κ1) is 17.8. The Bertz CT molecular complexity index is 632. The van der Waals surface area contributed by atoms with Gasteiger partial charge >= 0.3 is 0 Å². The summed E-state index contributed by atoms with van der Waals surface area (Å²) in [4.78, 5) is 37.1. The van der Waals surface area contributed by atoms with Crippen molar-refractivity contribution in [2.24, 2.45) is 11.7 Å². The fourth-order valence-corrected chi connectivity index (χ4v) is 2.89. The summed E-state index contributed by atoms with van der Waals surface area (Å²) in [6.07, 6.45) is 0.917. The van der Waals surface area contributed by atoms with Crippen LogP contribution in [-0.4, -0.2) is 48.9 Å². The first-order valence-corrected chi connectivity index (χ1v) is 7.89. The van der Waals surface area contributed by atoms with Gasteiger partial charge in [-0.1, -0.05) is 12.1 Å². The van der Waals surface area contributed by atoms with E-state index >= 15 is 0 Å². The number of hydrogen-bond acceptors (Lipinski definition) is 4. The SMILES string of the molecule is COc1cccc(C[C@@H](NC(C)=O)C(=O)N2CC[C@@H](C(N)=O)C2)c1. The van der Waals surface area contributed by atoms with Crippen molar-refractivity contribution in [1.82, 2.24) is 10.2 Å². The number of hydrogen-bond donors (Lipinski definition) is 2. The van der Waals surface area contributed by atoms with Crippen LogP contribution in [0, 0.1) is 5.92 Å². The normalized spacial score (nSPS) is 18.1. The second kappa shape index (κ2) is 7.81. The summed E-state index contributed by atoms with van der Waals surface area (Å²) >= 11 is 0. The molecule has 1 heterocycles. The molecule has 3 N–H and O–H groups in total. The van der Waals surface area contributed by atoms with Crippen molar-refractivity contribution in [2.75, 3.05) is 20.2 Å². The Labute approximate surface area is 141 Å². The lowest BCUT2D eigenvalue weighted by Crippen LogP contribution is -2.48. The van der Waals surface area contributed by atoms with Gasteiger partial charge in [-0.15, -0.1) is 0 Å². The summed E-state index contributed by atoms with van der Waals surface area (Å²) in [6, 6.07) is 6.68. The molecule has 2 rings (SSSR count). The second-order valence-electron chi connectivity index (χ2n) is 5.98. The smallest absolute Gasteiger partial charge is 0.245 e. The van der Waals surface area contributed by atoms with E-state index in [1.165, 1.54) is 6.92 Å². The highest BCUT2D eigenvalue weighted by Crippen LogP contribution is 2.19. The first-order chi connectivity index (χ1) is 11.4. The van der Waals surface area contributed by atoms with Gasteiger partial charge in [-0.3, -0.25) is 14.4 Å². The average Bonchev–Trinajstić information content (AvgIpc) is 3.03. The van der Waals surface area contributed by atoms with E-state index in [1.807, 2.05) is 24.3 Å². The van der Waals surface area contributed by atoms with Gasteiger partial charge in [-0.2, -0.15) is 0 Å². The lowest BCUT2D eigenvalue weighted by molar-refractivity contribution is -0.135. The third-order valence-electron chi connectivity index (χ3n) is 4.15. The van der Waals surface area contributed by atoms with Gasteiger partial charge in [0.15, 0.2) is 0 Å². The number of methoxy groups -OCH3 is 1. The van der Waals surface area contributed by atoms with Crippen LogP contribution in [0.2, 0.25) is 0 Å². The van der Waals surface area contributed by atoms with E-state index in [0.717, 1.165) is 5.56 Å². The van der Waals surface area contributed by atoms with Crippen LogP contribution in [0.3, 0.4) is 0 Å². The maximum atomic E-state index is 12.7. The summed E-state index contributed by atoms with van der Waals surface area (Å²) in [6.45, 7) is 2.16. The van der Waals surface area contributed by atoms with Crippen LogP contribution in [-0.2, 0) is 20.8 Å². The number of rotatable bonds is 6. The Morgan fingerprint density at radius 3 is 2.75 bits per heavy atom. The number of benzene rings is 1. The summed E-state index contributed by atoms with van der Waals surface area (Å²) in [7, 11) is 1.57. The molecule has 2 atom stereocenters. The minimum atomic E-state index is -0.679. The molecule has 0 radical (unpaired) electrons. The van der Waals surface area contributed by atoms with Gasteiger partial charge in [0.25, 0.3) is 0 Å². The van der Waals surface area contributed by atoms with E-state index in [-0.39, 0.29) is 17.7 Å². The van der Waals surface area contributed by atoms with E-state index in [2.05, 4.69) is 5.32 Å². The fourth-order valence-electron chi connectivity index (χ4n) is 2.89. The van der Waals surface area contributed by atoms with Gasteiger partial charge in [0.1, 0.15) is 11.8 Å². The molecule has 1 aromatic carbocycles. The second-order valence-corrected chi connectivity index (χ2v) is 5.98. The third-order valence-corrected chi connectivity index (χ3v) is 4.15. The van der Waals surface area contributed by atoms with Gasteiger partial charge in [-0.25, -0.2) is 0 Å². The highest BCUT2D eigenvalue weighted by atomic mass is 16.5. The Kier molecular flexibility index (Phi) is 5.78. The molecule has 0 unspecified atom stereocenters. The van der Waals surface area contributed by atoms with E-state index in [4.69, 9.17) is 10.5 Å². The molecule has 0 bridgehead atoms. The van der Waals surface area contributed by atoms with Crippen LogP contribution in [0.5, 0.6) is 5.75 Å². The molecule has 0 aromatic heterocycles. The van der Waals surface area contributed by atoms with Crippen LogP contribution in [0.4, 0.5) is 0 Å². The molecule has 0 saturated carbocycles. The van der Waals surface area contributed by atoms with E-state index in [1.54, 1.807) is 12.0 Å². The molecule has 1 fully saturated rings. The molecule has 0 spiro atoms. The van der Waals surface area contributed by atoms with E-state index in [9.17, 15) is 14.4 Å². The maximum Gasteiger partial charge on any atom is 0.245 e. The molecule has 0 aliphatic carbocycles. The van der Waals surface area contributed by atoms with E-state index < -0.39 is 11.9 Å². The monoisotopic (exact) mass is 333 g/mol. The number of nitrogens with one attached hydrogen (secondary N) is 1. The molecule has 3 amide bonds. The number of primary amides is 1. The quantitative estimate of drug-likeness (QED) is 0.769. The van der Waals surface area contributed by atoms with Gasteiger partial charge in [0.05, 0.1) is 13.0 Å². The Morgan fingerprint density at radius 2 is 2.17 bits per heavy atom. The summed E-state index contributed by atoms with van der Waals surface area (Å²) in [5, 5.41) is 2.70. The number of ether oxygens (including phenoxy) is 1. The van der Waals surface area contributed by atoms with Crippen molar-refractivity contribution in [2.45, 2.75) is 25.8 Å². The predicted octanol–water partition coefficient (Wildman–Crippen LogP) is 0.0762. The standard InChI is InChI=1S/C17H23N3O4/c1-11(21)19-15(9-12-4-3-5-14(8-12)24-2)17(23)20-7-6-13(10-20)16(18)22/h3-5,8,13,15H,6-7,9-10H2,1-2H3,(H2,18,22)(H,19,21)/t13-,15-/m1/s1. The van der Waals surface area contributed by atoms with Crippen LogP contribution in [0.15, 0.2) is 24.3 Å². The van der Waals surface area contributed by atoms with Crippen LogP contribution < -0.4 is 15.8 Å². The minimum Gasteiger partial charge on any atom is -0.497 e. The summed E-state index contributed by atoms with van der Waals surface area (Å²) in [5.74, 6) is -0.493. The lowest BCUT2D eigenvalue weighted by Gasteiger charge is -2.24. The third kappa shape index (κ3) is 4.47. The number of nitrogens with two attached hydrogens (primary N) is 1. The molecular formula is C17H23N3O4. The molecule has 24 heavy (non-hydrogen) atoms. The molecule has 1 aliphatic heterocycles. The lowest BCUT2D eigenvalue weighted by atomic mass is 10.0. The number of likely N-dealkylation sites (tertiary alicyclic amines) is 1. The minimum absolute atomic E-state index is 0.197. The van der Waals surface area contributed by atoms with Crippen molar-refractivity contribution in [1.29, 1.82) is 0 Å². The van der Waals surface area contributed by atoms with Crippen molar-refractivity contribution < 1.29 is 19.1 Å². The molecule has 7 heteroatoms. The number of carbonyl (C=O) groups is 3. The zero-order chi connectivity index (χ0) is 17.7. The summed E-state index contributed by atoms with van der Waals surface area (Å²) < 4.78 is 5.18. The highest BCUT2D eigenvalue weighted by molar-refractivity contribution is 5.88. The van der Waals surface area contributed by atoms with Crippen molar-refractivity contribution in [3.8, 4) is 5.75 Å². The van der Waals surface area contributed by atoms with Gasteiger partial charge < -0.3 is 20.7 Å². The largest absolute Gasteiger partial charge is 0.497 e. The first-order valence-electron chi connectivity index (χ1n) is 7.89. The molecule has 130 valence electrons. The van der Waals surface area contributed by atoms with Crippen LogP contribution >= 0.6 is 0 Å². The van der Waals surface area contributed by atoms with Crippen molar-refractivity contribution >= 4 is 17.7 Å². The molecule has 1 aromatic rings. The van der Waals surface area contributed by atoms with Crippen molar-refractivity contribution in [3.63, 3.8) is 0 Å². The zero-order valence-electron chi connectivity index (χ0n) is 14.0. The van der Waals surface area contributed by atoms with Crippen molar-refractivity contribution in [3.05, 3.63) is 29.8 Å². The predicted molar refractivity (Wildman–Crippen MR) is 88.2 cm³/mol. The fraction of sp³-hybridized carbons (Fsp3) is 0.471. The Hall–Kier alpha value is -2.57. The number of carbonyl (C=O) groups excluding carboxylic acids is 3. The molecule has 1 aliphatic rings. The van der Waals surface area contributed by atoms with Gasteiger partial charge in [-0.05, 0) is 24.1 Å². The molecule has 1 saturated heterocycles. The topological polar surface area (TPSA) is 102 Å². The zero-order valence-corrected chi connectivity index (χ0v) is 14.0. The van der Waals surface area contributed by atoms with Gasteiger partial charge in [0, 0.05) is 26.4 Å². The number of nitrogens with zero attached hydrogens (tertiary/aromatic N) is 1. The van der Waals surface area contributed by atoms with E-state index in [0.29, 0.717) is 31.7 Å². The Morgan fingerprint density at radius 1 is 1.42 bits per heavy atom. The van der Waals surface area contributed by atoms with Gasteiger partial charge in [0.2, 0.25) is 17.7 Å². The molecule has 7 nitrogen and oxygen atoms in total. The maximum absolute atomic E-state index is 12.7. The highest BCUT2D eigenvalue weighted by Gasteiger charge is 2.33. The van der Waals surface area contributed by atoms with Crippen LogP contribution in [0.1, 0.15) is 18.9 Å². The van der Waals surface area contributed by atoms with Crippen LogP contribution in [0.25, 0.3) is 0 Å². The molecular weight excluding hydrogens is 310 g/mol. The Balaban J connectivity index is 2.11. The summed E-state index contributed by atoms with van der Waals surface area (Å²) in [5.41, 5.74) is 6.19.